The average Bonchev–Trinajstić information content (AvgIpc) is 2.72. The zero-order valence-electron chi connectivity index (χ0n) is 15.1. The van der Waals surface area contributed by atoms with Gasteiger partial charge in [-0.3, -0.25) is 9.69 Å². The van der Waals surface area contributed by atoms with Crippen LogP contribution in [0, 0.1) is 5.92 Å². The maximum atomic E-state index is 13.3. The number of carbonyl (C=O) groups is 1. The van der Waals surface area contributed by atoms with Crippen molar-refractivity contribution in [2.45, 2.75) is 6.42 Å². The molecule has 6 heteroatoms. The van der Waals surface area contributed by atoms with Crippen molar-refractivity contribution >= 4 is 28.6 Å². The van der Waals surface area contributed by atoms with Gasteiger partial charge in [0.1, 0.15) is 12.4 Å². The summed E-state index contributed by atoms with van der Waals surface area (Å²) in [6, 6.07) is 15.7. The summed E-state index contributed by atoms with van der Waals surface area (Å²) >= 11 is 0. The first-order valence-corrected chi connectivity index (χ1v) is 9.21. The van der Waals surface area contributed by atoms with E-state index in [0.717, 1.165) is 34.7 Å². The molecule has 0 saturated heterocycles. The molecular formula is C21H20N4O2. The van der Waals surface area contributed by atoms with Crippen molar-refractivity contribution in [1.82, 2.24) is 9.97 Å². The summed E-state index contributed by atoms with van der Waals surface area (Å²) in [5.74, 6) is 2.13. The van der Waals surface area contributed by atoms with Gasteiger partial charge in [-0.25, -0.2) is 9.97 Å². The Labute approximate surface area is 157 Å². The van der Waals surface area contributed by atoms with Crippen molar-refractivity contribution in [2.75, 3.05) is 36.5 Å². The number of likely N-dealkylation sites (N-methyl/N-ethyl adjacent to an activating group) is 1. The Hall–Kier alpha value is -3.15. The first-order chi connectivity index (χ1) is 13.2. The van der Waals surface area contributed by atoms with Crippen molar-refractivity contribution in [2.24, 2.45) is 5.92 Å². The number of amides is 1. The largest absolute Gasteiger partial charge is 0.492 e. The lowest BCUT2D eigenvalue weighted by atomic mass is 9.95. The maximum absolute atomic E-state index is 13.3. The lowest BCUT2D eigenvalue weighted by molar-refractivity contribution is -0.123. The number of rotatable bonds is 1. The van der Waals surface area contributed by atoms with Crippen LogP contribution in [0.4, 0.5) is 11.6 Å². The summed E-state index contributed by atoms with van der Waals surface area (Å²) < 4.78 is 5.83. The summed E-state index contributed by atoms with van der Waals surface area (Å²) in [5.41, 5.74) is 2.72. The molecule has 136 valence electrons. The second-order valence-corrected chi connectivity index (χ2v) is 7.09. The highest BCUT2D eigenvalue weighted by Crippen LogP contribution is 2.33. The minimum Gasteiger partial charge on any atom is -0.492 e. The topological polar surface area (TPSA) is 58.6 Å². The lowest BCUT2D eigenvalue weighted by Crippen LogP contribution is -2.48. The van der Waals surface area contributed by atoms with Crippen LogP contribution in [0.1, 0.15) is 5.56 Å². The van der Waals surface area contributed by atoms with E-state index in [1.54, 1.807) is 4.90 Å². The quantitative estimate of drug-likeness (QED) is 0.668. The fourth-order valence-electron chi connectivity index (χ4n) is 3.80. The third-order valence-electron chi connectivity index (χ3n) is 5.30. The fourth-order valence-corrected chi connectivity index (χ4v) is 3.80. The molecule has 3 aromatic rings. The normalized spacial score (nSPS) is 18.6. The summed E-state index contributed by atoms with van der Waals surface area (Å²) in [6.07, 6.45) is 0.692. The molecule has 1 amide bonds. The van der Waals surface area contributed by atoms with Crippen LogP contribution in [0.3, 0.4) is 0 Å². The van der Waals surface area contributed by atoms with Gasteiger partial charge in [0.05, 0.1) is 17.0 Å². The number of para-hydroxylation sites is 3. The average molecular weight is 360 g/mol. The van der Waals surface area contributed by atoms with Gasteiger partial charge in [0.2, 0.25) is 5.91 Å². The van der Waals surface area contributed by atoms with E-state index < -0.39 is 0 Å². The lowest BCUT2D eigenvalue weighted by Gasteiger charge is -2.36. The Kier molecular flexibility index (Phi) is 3.70. The zero-order valence-corrected chi connectivity index (χ0v) is 15.1. The molecular weight excluding hydrogens is 340 g/mol. The Balaban J connectivity index is 1.50. The van der Waals surface area contributed by atoms with E-state index in [1.807, 2.05) is 55.6 Å². The summed E-state index contributed by atoms with van der Waals surface area (Å²) in [5, 5.41) is 0. The molecule has 27 heavy (non-hydrogen) atoms. The van der Waals surface area contributed by atoms with E-state index in [-0.39, 0.29) is 11.8 Å². The Morgan fingerprint density at radius 3 is 2.52 bits per heavy atom. The number of hydrogen-bond acceptors (Lipinski definition) is 5. The number of nitrogens with zero attached hydrogens (tertiary/aromatic N) is 4. The number of ether oxygens (including phenoxy) is 1. The monoisotopic (exact) mass is 360 g/mol. The van der Waals surface area contributed by atoms with Crippen LogP contribution < -0.4 is 14.5 Å². The maximum Gasteiger partial charge on any atom is 0.235 e. The molecule has 0 N–H and O–H groups in total. The van der Waals surface area contributed by atoms with Gasteiger partial charge in [0.25, 0.3) is 0 Å². The Morgan fingerprint density at radius 2 is 1.70 bits per heavy atom. The van der Waals surface area contributed by atoms with E-state index in [2.05, 4.69) is 4.90 Å². The number of carbonyl (C=O) groups excluding carboxylic acids is 1. The summed E-state index contributed by atoms with van der Waals surface area (Å²) in [7, 11) is 1.99. The predicted molar refractivity (Wildman–Crippen MR) is 104 cm³/mol. The predicted octanol–water partition coefficient (Wildman–Crippen LogP) is 2.66. The highest BCUT2D eigenvalue weighted by atomic mass is 16.5. The fraction of sp³-hybridized carbons (Fsp3) is 0.286. The van der Waals surface area contributed by atoms with E-state index in [4.69, 9.17) is 14.7 Å². The van der Waals surface area contributed by atoms with E-state index in [0.29, 0.717) is 25.4 Å². The van der Waals surface area contributed by atoms with Gasteiger partial charge in [-0.05, 0) is 30.2 Å². The number of fused-ring (bicyclic) bond motifs is 3. The van der Waals surface area contributed by atoms with E-state index in [1.165, 1.54) is 0 Å². The molecule has 2 aliphatic heterocycles. The van der Waals surface area contributed by atoms with Crippen molar-refractivity contribution < 1.29 is 9.53 Å². The molecule has 0 radical (unpaired) electrons. The summed E-state index contributed by atoms with van der Waals surface area (Å²) in [4.78, 5) is 26.7. The van der Waals surface area contributed by atoms with Crippen molar-refractivity contribution in [1.29, 1.82) is 0 Å². The van der Waals surface area contributed by atoms with Crippen LogP contribution in [-0.2, 0) is 11.2 Å². The minimum absolute atomic E-state index is 0.0587. The molecule has 0 fully saturated rings. The molecule has 2 aliphatic rings. The van der Waals surface area contributed by atoms with Gasteiger partial charge >= 0.3 is 0 Å². The van der Waals surface area contributed by atoms with Crippen LogP contribution >= 0.6 is 0 Å². The highest BCUT2D eigenvalue weighted by molar-refractivity contribution is 5.99. The van der Waals surface area contributed by atoms with Crippen molar-refractivity contribution in [3.63, 3.8) is 0 Å². The number of aromatic nitrogens is 2. The Morgan fingerprint density at radius 1 is 1.00 bits per heavy atom. The van der Waals surface area contributed by atoms with Crippen molar-refractivity contribution in [3.8, 4) is 5.75 Å². The van der Waals surface area contributed by atoms with Gasteiger partial charge in [0.15, 0.2) is 11.6 Å². The first-order valence-electron chi connectivity index (χ1n) is 9.21. The Bertz CT molecular complexity index is 1040. The van der Waals surface area contributed by atoms with Gasteiger partial charge in [-0.1, -0.05) is 30.3 Å². The second-order valence-electron chi connectivity index (χ2n) is 7.09. The number of hydrogen-bond donors (Lipinski definition) is 0. The minimum atomic E-state index is -0.204. The third kappa shape index (κ3) is 2.68. The van der Waals surface area contributed by atoms with Crippen LogP contribution in [-0.4, -0.2) is 42.6 Å². The molecule has 0 saturated carbocycles. The molecule has 0 spiro atoms. The van der Waals surface area contributed by atoms with Gasteiger partial charge in [-0.2, -0.15) is 0 Å². The second kappa shape index (κ2) is 6.23. The molecule has 0 bridgehead atoms. The molecule has 6 nitrogen and oxygen atoms in total. The molecule has 3 heterocycles. The van der Waals surface area contributed by atoms with Gasteiger partial charge in [0, 0.05) is 20.1 Å². The smallest absolute Gasteiger partial charge is 0.235 e. The number of anilines is 2. The first kappa shape index (κ1) is 16.1. The van der Waals surface area contributed by atoms with Gasteiger partial charge < -0.3 is 9.64 Å². The number of benzene rings is 2. The SMILES string of the molecule is CN1CCN(C(=O)C2COc3ccccc3C2)c2nc3ccccc3nc21. The standard InChI is InChI=1S/C21H20N4O2/c1-24-10-11-25(20-19(24)22-16-7-3-4-8-17(16)23-20)21(26)15-12-14-6-2-5-9-18(14)27-13-15/h2-9,15H,10-13H2,1H3. The molecule has 2 aromatic carbocycles. The van der Waals surface area contributed by atoms with Crippen LogP contribution in [0.15, 0.2) is 48.5 Å². The summed E-state index contributed by atoms with van der Waals surface area (Å²) in [6.45, 7) is 1.74. The van der Waals surface area contributed by atoms with Crippen LogP contribution in [0.5, 0.6) is 5.75 Å². The van der Waals surface area contributed by atoms with E-state index >= 15 is 0 Å². The molecule has 1 atom stereocenters. The zero-order chi connectivity index (χ0) is 18.4. The van der Waals surface area contributed by atoms with Crippen molar-refractivity contribution in [3.05, 3.63) is 54.1 Å². The molecule has 5 rings (SSSR count). The third-order valence-corrected chi connectivity index (χ3v) is 5.30. The highest BCUT2D eigenvalue weighted by Gasteiger charge is 2.35. The van der Waals surface area contributed by atoms with Crippen LogP contribution in [0.25, 0.3) is 11.0 Å². The van der Waals surface area contributed by atoms with Gasteiger partial charge in [-0.15, -0.1) is 0 Å². The molecule has 1 unspecified atom stereocenters. The molecule has 1 aromatic heterocycles. The van der Waals surface area contributed by atoms with Crippen LogP contribution in [0.2, 0.25) is 0 Å². The molecule has 0 aliphatic carbocycles. The van der Waals surface area contributed by atoms with E-state index in [9.17, 15) is 4.79 Å².